The number of carbonyl (C=O) groups excluding carboxylic acids is 7. The third kappa shape index (κ3) is 13.8. The number of rotatable bonds is 14. The van der Waals surface area contributed by atoms with Crippen LogP contribution < -0.4 is 21.3 Å². The van der Waals surface area contributed by atoms with E-state index in [1.165, 1.54) is 9.80 Å². The average molecular weight is 745 g/mol. The van der Waals surface area contributed by atoms with Crippen LogP contribution in [-0.2, 0) is 38.2 Å². The van der Waals surface area contributed by atoms with E-state index in [1.807, 2.05) is 20.8 Å². The lowest BCUT2D eigenvalue weighted by molar-refractivity contribution is -0.149. The molecule has 6 amide bonds. The Hall–Kier alpha value is -4.53. The second-order valence-electron chi connectivity index (χ2n) is 16.5. The van der Waals surface area contributed by atoms with Crippen molar-refractivity contribution in [1.29, 1.82) is 0 Å². The number of amides is 6. The molecule has 1 unspecified atom stereocenters. The summed E-state index contributed by atoms with van der Waals surface area (Å²) in [6, 6.07) is 4.01. The van der Waals surface area contributed by atoms with Gasteiger partial charge in [0, 0.05) is 20.6 Å². The number of likely N-dealkylation sites (N-methyl/N-ethyl adjacent to an activating group) is 1. The van der Waals surface area contributed by atoms with Crippen LogP contribution in [0, 0.1) is 5.41 Å². The first-order valence-electron chi connectivity index (χ1n) is 18.0. The molecule has 53 heavy (non-hydrogen) atoms. The summed E-state index contributed by atoms with van der Waals surface area (Å²) in [5, 5.41) is 10.3. The van der Waals surface area contributed by atoms with Gasteiger partial charge < -0.3 is 40.5 Å². The molecule has 1 aliphatic rings. The van der Waals surface area contributed by atoms with Crippen LogP contribution in [0.1, 0.15) is 100 Å². The number of Topliss-reactive ketones (excluding diaryl/α,β-unsaturated/α-hetero) is 1. The highest BCUT2D eigenvalue weighted by Crippen LogP contribution is 2.30. The molecule has 1 saturated heterocycles. The fraction of sp³-hybridized carbons (Fsp3) is 0.658. The molecule has 2 rings (SSSR count). The Bertz CT molecular complexity index is 1480. The number of nitrogens with one attached hydrogen (secondary N) is 4. The molecule has 1 aliphatic heterocycles. The third-order valence-corrected chi connectivity index (χ3v) is 8.14. The van der Waals surface area contributed by atoms with Crippen molar-refractivity contribution in [3.8, 4) is 0 Å². The Morgan fingerprint density at radius 2 is 1.47 bits per heavy atom. The zero-order chi connectivity index (χ0) is 40.5. The number of ketones is 1. The van der Waals surface area contributed by atoms with Crippen LogP contribution in [0.25, 0.3) is 0 Å². The van der Waals surface area contributed by atoms with Crippen molar-refractivity contribution in [1.82, 2.24) is 31.1 Å². The first-order valence-corrected chi connectivity index (χ1v) is 18.0. The molecule has 0 saturated carbocycles. The monoisotopic (exact) mass is 744 g/mol. The predicted octanol–water partition coefficient (Wildman–Crippen LogP) is 2.63. The lowest BCUT2D eigenvalue weighted by Crippen LogP contribution is -2.61. The van der Waals surface area contributed by atoms with E-state index in [0.29, 0.717) is 18.4 Å². The van der Waals surface area contributed by atoms with Crippen LogP contribution >= 0.6 is 0 Å². The Kier molecular flexibility index (Phi) is 15.6. The summed E-state index contributed by atoms with van der Waals surface area (Å²) in [6.45, 7) is 17.2. The molecule has 0 aromatic heterocycles. The Morgan fingerprint density at radius 3 is 1.98 bits per heavy atom. The minimum atomic E-state index is -1.28. The van der Waals surface area contributed by atoms with Crippen LogP contribution in [0.4, 0.5) is 4.79 Å². The van der Waals surface area contributed by atoms with E-state index < -0.39 is 88.9 Å². The normalized spacial score (nSPS) is 17.8. The van der Waals surface area contributed by atoms with Crippen LogP contribution in [-0.4, -0.2) is 114 Å². The van der Waals surface area contributed by atoms with Crippen molar-refractivity contribution >= 4 is 41.4 Å². The molecule has 0 radical (unpaired) electrons. The third-order valence-electron chi connectivity index (χ3n) is 8.14. The highest BCUT2D eigenvalue weighted by Gasteiger charge is 2.48. The van der Waals surface area contributed by atoms with Crippen molar-refractivity contribution in [2.24, 2.45) is 5.41 Å². The number of ether oxygens (including phenoxy) is 2. The highest BCUT2D eigenvalue weighted by molar-refractivity contribution is 6.38. The number of nitrogens with zero attached hydrogens (tertiary/aromatic N) is 2. The van der Waals surface area contributed by atoms with E-state index in [0.717, 1.165) is 0 Å². The number of carbonyl (C=O) groups is 7. The number of alkyl carbamates (subject to hydrolysis) is 1. The van der Waals surface area contributed by atoms with Gasteiger partial charge in [-0.25, -0.2) is 4.79 Å². The standard InChI is InChI=1S/C38H60N6O9/c1-13-17-24(29(46)32(48)39-22-26(45)41-27(33(49)43(11)12)23-18-15-14-16-19-23)40-31(47)28-25(52-37(5,6)7)20-21-44(28)34(50)30(36(2,3)4)42-35(51)53-38(8,9)10/h14-16,18-19,24-25,27-28,30H,13,17,20-22H2,1-12H3,(H,39,48)(H,40,47)(H,41,45)(H,42,51)/t24-,25-,27?,28+,30-/m1/s1. The van der Waals surface area contributed by atoms with Crippen LogP contribution in [0.2, 0.25) is 0 Å². The minimum Gasteiger partial charge on any atom is -0.444 e. The Balaban J connectivity index is 2.28. The summed E-state index contributed by atoms with van der Waals surface area (Å²) in [4.78, 5) is 96.0. The van der Waals surface area contributed by atoms with Crippen LogP contribution in [0.15, 0.2) is 30.3 Å². The molecule has 1 aromatic carbocycles. The zero-order valence-electron chi connectivity index (χ0n) is 33.4. The first kappa shape index (κ1) is 44.6. The van der Waals surface area contributed by atoms with E-state index in [1.54, 1.807) is 92.9 Å². The van der Waals surface area contributed by atoms with Gasteiger partial charge in [0.15, 0.2) is 0 Å². The van der Waals surface area contributed by atoms with Crippen molar-refractivity contribution in [3.63, 3.8) is 0 Å². The summed E-state index contributed by atoms with van der Waals surface area (Å²) in [5.74, 6) is -4.43. The van der Waals surface area contributed by atoms with Gasteiger partial charge in [0.05, 0.1) is 24.3 Å². The molecular formula is C38H60N6O9. The van der Waals surface area contributed by atoms with Gasteiger partial charge in [-0.05, 0) is 65.4 Å². The molecule has 15 heteroatoms. The van der Waals surface area contributed by atoms with E-state index in [4.69, 9.17) is 9.47 Å². The fourth-order valence-corrected chi connectivity index (χ4v) is 5.76. The number of hydrogen-bond acceptors (Lipinski definition) is 9. The number of likely N-dealkylation sites (tertiary alicyclic amines) is 1. The molecule has 4 N–H and O–H groups in total. The number of benzene rings is 1. The summed E-state index contributed by atoms with van der Waals surface area (Å²) in [5.41, 5.74) is -1.76. The van der Waals surface area contributed by atoms with E-state index in [2.05, 4.69) is 21.3 Å². The summed E-state index contributed by atoms with van der Waals surface area (Å²) < 4.78 is 11.6. The summed E-state index contributed by atoms with van der Waals surface area (Å²) >= 11 is 0. The smallest absolute Gasteiger partial charge is 0.408 e. The van der Waals surface area contributed by atoms with Crippen molar-refractivity contribution in [2.45, 2.75) is 130 Å². The molecule has 0 aliphatic carbocycles. The molecule has 5 atom stereocenters. The predicted molar refractivity (Wildman–Crippen MR) is 198 cm³/mol. The molecule has 1 aromatic rings. The lowest BCUT2D eigenvalue weighted by Gasteiger charge is -2.37. The molecule has 1 heterocycles. The van der Waals surface area contributed by atoms with Crippen molar-refractivity contribution < 1.29 is 43.0 Å². The lowest BCUT2D eigenvalue weighted by atomic mass is 9.85. The molecule has 0 spiro atoms. The van der Waals surface area contributed by atoms with Crippen molar-refractivity contribution in [2.75, 3.05) is 27.2 Å². The van der Waals surface area contributed by atoms with Gasteiger partial charge in [0.1, 0.15) is 23.7 Å². The van der Waals surface area contributed by atoms with Crippen LogP contribution in [0.3, 0.4) is 0 Å². The van der Waals surface area contributed by atoms with E-state index >= 15 is 0 Å². The van der Waals surface area contributed by atoms with Gasteiger partial charge in [0.2, 0.25) is 29.4 Å². The Morgan fingerprint density at radius 1 is 0.868 bits per heavy atom. The zero-order valence-corrected chi connectivity index (χ0v) is 33.4. The maximum Gasteiger partial charge on any atom is 0.408 e. The molecule has 15 nitrogen and oxygen atoms in total. The minimum absolute atomic E-state index is 0.0912. The summed E-state index contributed by atoms with van der Waals surface area (Å²) in [6.07, 6.45) is -0.752. The SMILES string of the molecule is CCC[C@@H](NC(=O)[C@@H]1[C@H](OC(C)(C)C)CCN1C(=O)[C@@H](NC(=O)OC(C)(C)C)C(C)(C)C)C(=O)C(=O)NCC(=O)NC(C(=O)N(C)C)c1ccccc1. The molecule has 1 fully saturated rings. The maximum atomic E-state index is 14.2. The van der Waals surface area contributed by atoms with Gasteiger partial charge in [-0.2, -0.15) is 0 Å². The summed E-state index contributed by atoms with van der Waals surface area (Å²) in [7, 11) is 3.10. The average Bonchev–Trinajstić information content (AvgIpc) is 3.44. The molecule has 296 valence electrons. The number of hydrogen-bond donors (Lipinski definition) is 4. The topological polar surface area (TPSA) is 193 Å². The quantitative estimate of drug-likeness (QED) is 0.207. The van der Waals surface area contributed by atoms with Crippen molar-refractivity contribution in [3.05, 3.63) is 35.9 Å². The van der Waals surface area contributed by atoms with E-state index in [-0.39, 0.29) is 18.9 Å². The van der Waals surface area contributed by atoms with Gasteiger partial charge in [0.25, 0.3) is 5.91 Å². The van der Waals surface area contributed by atoms with Crippen LogP contribution in [0.5, 0.6) is 0 Å². The first-order chi connectivity index (χ1) is 24.4. The van der Waals surface area contributed by atoms with Gasteiger partial charge in [-0.1, -0.05) is 64.4 Å². The largest absolute Gasteiger partial charge is 0.444 e. The second kappa shape index (κ2) is 18.5. The second-order valence-corrected chi connectivity index (χ2v) is 16.5. The molecular weight excluding hydrogens is 684 g/mol. The van der Waals surface area contributed by atoms with Gasteiger partial charge in [-0.3, -0.25) is 28.8 Å². The van der Waals surface area contributed by atoms with Gasteiger partial charge in [-0.15, -0.1) is 0 Å². The van der Waals surface area contributed by atoms with E-state index in [9.17, 15) is 33.6 Å². The maximum absolute atomic E-state index is 14.2. The molecule has 0 bridgehead atoms. The van der Waals surface area contributed by atoms with Gasteiger partial charge >= 0.3 is 6.09 Å². The fourth-order valence-electron chi connectivity index (χ4n) is 5.76. The highest BCUT2D eigenvalue weighted by atomic mass is 16.6. The Labute approximate surface area is 313 Å².